The minimum Gasteiger partial charge on any atom is -0.497 e. The van der Waals surface area contributed by atoms with Gasteiger partial charge in [0.05, 0.1) is 31.5 Å². The fraction of sp³-hybridized carbons (Fsp3) is 0.321. The average molecular weight is 460 g/mol. The predicted octanol–water partition coefficient (Wildman–Crippen LogP) is 5.17. The van der Waals surface area contributed by atoms with Gasteiger partial charge in [-0.1, -0.05) is 42.5 Å². The Morgan fingerprint density at radius 3 is 2.15 bits per heavy atom. The Bertz CT molecular complexity index is 1110. The van der Waals surface area contributed by atoms with Crippen molar-refractivity contribution >= 4 is 17.3 Å². The molecule has 4 rings (SSSR count). The maximum Gasteiger partial charge on any atom is 0.227 e. The van der Waals surface area contributed by atoms with Crippen LogP contribution in [0.5, 0.6) is 11.5 Å². The van der Waals surface area contributed by atoms with Gasteiger partial charge in [-0.15, -0.1) is 0 Å². The van der Waals surface area contributed by atoms with Gasteiger partial charge in [-0.05, 0) is 56.5 Å². The van der Waals surface area contributed by atoms with E-state index in [1.165, 1.54) is 5.56 Å². The van der Waals surface area contributed by atoms with Gasteiger partial charge in [0.25, 0.3) is 0 Å². The van der Waals surface area contributed by atoms with Crippen LogP contribution >= 0.6 is 0 Å². The Hall–Kier alpha value is -3.67. The Morgan fingerprint density at radius 1 is 0.912 bits per heavy atom. The number of hydrogen-bond donors (Lipinski definition) is 3. The molecule has 6 nitrogen and oxygen atoms in total. The van der Waals surface area contributed by atoms with Crippen molar-refractivity contribution in [2.45, 2.75) is 38.4 Å². The number of methoxy groups -OCH3 is 2. The van der Waals surface area contributed by atoms with Crippen LogP contribution in [-0.2, 0) is 16.9 Å². The number of aryl methyl sites for hydroxylation is 1. The Morgan fingerprint density at radius 2 is 1.56 bits per heavy atom. The molecule has 1 amide bonds. The molecule has 1 atom stereocenters. The summed E-state index contributed by atoms with van der Waals surface area (Å²) in [6.07, 6.45) is 1.39. The summed E-state index contributed by atoms with van der Waals surface area (Å²) in [5.41, 5.74) is 3.03. The summed E-state index contributed by atoms with van der Waals surface area (Å²) >= 11 is 0. The summed E-state index contributed by atoms with van der Waals surface area (Å²) in [7, 11) is 3.27. The number of rotatable bonds is 9. The van der Waals surface area contributed by atoms with Gasteiger partial charge >= 0.3 is 0 Å². The Kier molecular flexibility index (Phi) is 6.96. The van der Waals surface area contributed by atoms with E-state index < -0.39 is 11.6 Å². The molecule has 1 unspecified atom stereocenters. The summed E-state index contributed by atoms with van der Waals surface area (Å²) in [6.45, 7) is 3.97. The molecule has 1 aliphatic heterocycles. The van der Waals surface area contributed by atoms with E-state index in [4.69, 9.17) is 9.47 Å². The number of para-hydroxylation sites is 2. The molecular weight excluding hydrogens is 426 g/mol. The zero-order chi connectivity index (χ0) is 24.1. The maximum atomic E-state index is 13.8. The second kappa shape index (κ2) is 10.1. The molecule has 0 aliphatic carbocycles. The highest BCUT2D eigenvalue weighted by molar-refractivity contribution is 5.86. The zero-order valence-electron chi connectivity index (χ0n) is 20.2. The number of carbonyl (C=O) groups is 1. The normalized spacial score (nSPS) is 14.5. The molecular formula is C28H33N3O3. The van der Waals surface area contributed by atoms with Crippen molar-refractivity contribution in [2.75, 3.05) is 24.9 Å². The van der Waals surface area contributed by atoms with Crippen LogP contribution in [-0.4, -0.2) is 26.2 Å². The van der Waals surface area contributed by atoms with Crippen LogP contribution in [0.3, 0.4) is 0 Å². The Labute approximate surface area is 201 Å². The van der Waals surface area contributed by atoms with E-state index in [1.807, 2.05) is 74.5 Å². The topological polar surface area (TPSA) is 71.6 Å². The van der Waals surface area contributed by atoms with E-state index in [2.05, 4.69) is 28.1 Å². The molecule has 178 valence electrons. The van der Waals surface area contributed by atoms with Gasteiger partial charge in [0.2, 0.25) is 5.91 Å². The molecule has 0 radical (unpaired) electrons. The van der Waals surface area contributed by atoms with Gasteiger partial charge in [-0.3, -0.25) is 4.79 Å². The molecule has 6 heteroatoms. The number of carbonyl (C=O) groups excluding carboxylic acids is 1. The lowest BCUT2D eigenvalue weighted by Crippen LogP contribution is -2.53. The molecule has 0 fully saturated rings. The molecule has 3 N–H and O–H groups in total. The third kappa shape index (κ3) is 4.67. The van der Waals surface area contributed by atoms with E-state index in [9.17, 15) is 4.79 Å². The SMILES string of the molecule is COc1ccc(C2(C(CCc3ccccc3)C(=O)NC(C)C)Nc3ccccc3N2)c(OC)c1. The minimum atomic E-state index is -0.908. The predicted molar refractivity (Wildman–Crippen MR) is 136 cm³/mol. The van der Waals surface area contributed by atoms with Crippen LogP contribution in [0.4, 0.5) is 11.4 Å². The summed E-state index contributed by atoms with van der Waals surface area (Å²) < 4.78 is 11.2. The zero-order valence-corrected chi connectivity index (χ0v) is 20.2. The van der Waals surface area contributed by atoms with Gasteiger partial charge < -0.3 is 25.4 Å². The maximum absolute atomic E-state index is 13.8. The smallest absolute Gasteiger partial charge is 0.227 e. The lowest BCUT2D eigenvalue weighted by Gasteiger charge is -2.39. The fourth-order valence-corrected chi connectivity index (χ4v) is 4.66. The highest BCUT2D eigenvalue weighted by Crippen LogP contribution is 2.48. The molecule has 1 heterocycles. The highest BCUT2D eigenvalue weighted by atomic mass is 16.5. The molecule has 0 spiro atoms. The number of amides is 1. The van der Waals surface area contributed by atoms with Gasteiger partial charge in [-0.25, -0.2) is 0 Å². The quantitative estimate of drug-likeness (QED) is 0.412. The lowest BCUT2D eigenvalue weighted by molar-refractivity contribution is -0.127. The second-order valence-electron chi connectivity index (χ2n) is 8.91. The molecule has 1 aliphatic rings. The van der Waals surface area contributed by atoms with Crippen LogP contribution in [0.15, 0.2) is 72.8 Å². The fourth-order valence-electron chi connectivity index (χ4n) is 4.66. The number of hydrogen-bond acceptors (Lipinski definition) is 5. The molecule has 3 aromatic rings. The van der Waals surface area contributed by atoms with Crippen LogP contribution in [0.1, 0.15) is 31.4 Å². The largest absolute Gasteiger partial charge is 0.497 e. The molecule has 0 bridgehead atoms. The first-order valence-corrected chi connectivity index (χ1v) is 11.7. The van der Waals surface area contributed by atoms with Crippen molar-refractivity contribution in [3.8, 4) is 11.5 Å². The van der Waals surface area contributed by atoms with Gasteiger partial charge in [0.15, 0.2) is 0 Å². The summed E-state index contributed by atoms with van der Waals surface area (Å²) in [5.74, 6) is 0.884. The summed E-state index contributed by atoms with van der Waals surface area (Å²) in [4.78, 5) is 13.8. The van der Waals surface area contributed by atoms with Crippen molar-refractivity contribution in [3.63, 3.8) is 0 Å². The second-order valence-corrected chi connectivity index (χ2v) is 8.91. The first kappa shape index (κ1) is 23.5. The van der Waals surface area contributed by atoms with Crippen molar-refractivity contribution < 1.29 is 14.3 Å². The van der Waals surface area contributed by atoms with Crippen molar-refractivity contribution in [1.29, 1.82) is 0 Å². The molecule has 0 saturated heterocycles. The standard InChI is InChI=1S/C28H33N3O3/c1-19(2)29-27(32)23(16-14-20-10-6-5-7-11-20)28(30-24-12-8-9-13-25(24)31-28)22-17-15-21(33-3)18-26(22)34-4/h5-13,15,17-19,23,30-31H,14,16H2,1-4H3,(H,29,32). The van der Waals surface area contributed by atoms with Gasteiger partial charge in [0, 0.05) is 17.7 Å². The summed E-state index contributed by atoms with van der Waals surface area (Å²) in [6, 6.07) is 24.0. The average Bonchev–Trinajstić information content (AvgIpc) is 3.24. The first-order chi connectivity index (χ1) is 16.5. The van der Waals surface area contributed by atoms with E-state index in [1.54, 1.807) is 14.2 Å². The first-order valence-electron chi connectivity index (χ1n) is 11.7. The molecule has 0 saturated carbocycles. The third-order valence-corrected chi connectivity index (χ3v) is 6.26. The van der Waals surface area contributed by atoms with E-state index >= 15 is 0 Å². The van der Waals surface area contributed by atoms with E-state index in [-0.39, 0.29) is 11.9 Å². The van der Waals surface area contributed by atoms with E-state index in [0.717, 1.165) is 23.4 Å². The number of benzene rings is 3. The van der Waals surface area contributed by atoms with Crippen LogP contribution in [0.25, 0.3) is 0 Å². The number of fused-ring (bicyclic) bond motifs is 1. The van der Waals surface area contributed by atoms with Crippen molar-refractivity contribution in [1.82, 2.24) is 5.32 Å². The molecule has 3 aromatic carbocycles. The lowest BCUT2D eigenvalue weighted by atomic mass is 9.80. The molecule has 0 aromatic heterocycles. The monoisotopic (exact) mass is 459 g/mol. The minimum absolute atomic E-state index is 0.0170. The highest BCUT2D eigenvalue weighted by Gasteiger charge is 2.49. The van der Waals surface area contributed by atoms with Crippen molar-refractivity contribution in [2.24, 2.45) is 5.92 Å². The summed E-state index contributed by atoms with van der Waals surface area (Å²) in [5, 5.41) is 10.5. The van der Waals surface area contributed by atoms with E-state index in [0.29, 0.717) is 17.9 Å². The third-order valence-electron chi connectivity index (χ3n) is 6.26. The van der Waals surface area contributed by atoms with Gasteiger partial charge in [-0.2, -0.15) is 0 Å². The molecule has 34 heavy (non-hydrogen) atoms. The van der Waals surface area contributed by atoms with Crippen LogP contribution in [0, 0.1) is 5.92 Å². The van der Waals surface area contributed by atoms with Crippen LogP contribution < -0.4 is 25.4 Å². The van der Waals surface area contributed by atoms with Crippen molar-refractivity contribution in [3.05, 3.63) is 83.9 Å². The Balaban J connectivity index is 1.83. The van der Waals surface area contributed by atoms with Crippen LogP contribution in [0.2, 0.25) is 0 Å². The number of nitrogens with one attached hydrogen (secondary N) is 3. The number of anilines is 2. The van der Waals surface area contributed by atoms with Gasteiger partial charge in [0.1, 0.15) is 17.2 Å². The number of ether oxygens (including phenoxy) is 2.